The molecular formula is C32H39Cl2N3O5S. The van der Waals surface area contributed by atoms with Gasteiger partial charge in [0.1, 0.15) is 11.8 Å². The summed E-state index contributed by atoms with van der Waals surface area (Å²) in [7, 11) is -2.10. The van der Waals surface area contributed by atoms with Crippen molar-refractivity contribution in [1.82, 2.24) is 10.2 Å². The fraction of sp³-hybridized carbons (Fsp3) is 0.375. The number of methoxy groups -OCH3 is 1. The lowest BCUT2D eigenvalue weighted by Gasteiger charge is -2.33. The van der Waals surface area contributed by atoms with Crippen molar-refractivity contribution < 1.29 is 22.7 Å². The van der Waals surface area contributed by atoms with Crippen LogP contribution >= 0.6 is 23.2 Å². The maximum absolute atomic E-state index is 14.0. The largest absolute Gasteiger partial charge is 0.497 e. The minimum Gasteiger partial charge on any atom is -0.497 e. The summed E-state index contributed by atoms with van der Waals surface area (Å²) in [5.41, 5.74) is 1.88. The molecule has 232 valence electrons. The molecule has 0 spiro atoms. The van der Waals surface area contributed by atoms with Crippen molar-refractivity contribution in [2.45, 2.75) is 58.2 Å². The molecular weight excluding hydrogens is 609 g/mol. The highest BCUT2D eigenvalue weighted by Gasteiger charge is 2.32. The van der Waals surface area contributed by atoms with Crippen LogP contribution in [0.3, 0.4) is 0 Å². The molecule has 3 aromatic rings. The number of carbonyl (C=O) groups is 2. The number of nitrogens with zero attached hydrogens (tertiary/aromatic N) is 2. The Morgan fingerprint density at radius 2 is 1.58 bits per heavy atom. The van der Waals surface area contributed by atoms with E-state index in [0.29, 0.717) is 27.0 Å². The van der Waals surface area contributed by atoms with Crippen molar-refractivity contribution in [2.24, 2.45) is 0 Å². The van der Waals surface area contributed by atoms with Crippen LogP contribution in [-0.2, 0) is 32.6 Å². The lowest BCUT2D eigenvalue weighted by atomic mass is 10.0. The maximum Gasteiger partial charge on any atom is 0.243 e. The molecule has 3 aromatic carbocycles. The highest BCUT2D eigenvalue weighted by Crippen LogP contribution is 2.28. The van der Waals surface area contributed by atoms with E-state index >= 15 is 0 Å². The van der Waals surface area contributed by atoms with Crippen molar-refractivity contribution >= 4 is 50.7 Å². The molecule has 0 aliphatic rings. The fourth-order valence-electron chi connectivity index (χ4n) is 4.60. The Kier molecular flexibility index (Phi) is 12.7. The summed E-state index contributed by atoms with van der Waals surface area (Å²) in [4.78, 5) is 29.2. The molecule has 0 heterocycles. The van der Waals surface area contributed by atoms with Gasteiger partial charge >= 0.3 is 0 Å². The topological polar surface area (TPSA) is 96.0 Å². The number of nitrogens with one attached hydrogen (secondary N) is 1. The predicted octanol–water partition coefficient (Wildman–Crippen LogP) is 6.10. The minimum absolute atomic E-state index is 0.00779. The average Bonchev–Trinajstić information content (AvgIpc) is 2.98. The van der Waals surface area contributed by atoms with Crippen LogP contribution in [0.1, 0.15) is 44.2 Å². The quantitative estimate of drug-likeness (QED) is 0.215. The zero-order valence-corrected chi connectivity index (χ0v) is 27.3. The summed E-state index contributed by atoms with van der Waals surface area (Å²) >= 11 is 13.0. The number of rotatable bonds is 15. The van der Waals surface area contributed by atoms with Gasteiger partial charge in [-0.1, -0.05) is 66.5 Å². The zero-order chi connectivity index (χ0) is 31.6. The van der Waals surface area contributed by atoms with E-state index < -0.39 is 16.1 Å². The summed E-state index contributed by atoms with van der Waals surface area (Å²) < 4.78 is 31.8. The van der Waals surface area contributed by atoms with E-state index in [1.54, 1.807) is 42.5 Å². The molecule has 1 N–H and O–H groups in total. The highest BCUT2D eigenvalue weighted by atomic mass is 35.5. The molecule has 0 fully saturated rings. The van der Waals surface area contributed by atoms with E-state index in [2.05, 4.69) is 5.32 Å². The molecule has 43 heavy (non-hydrogen) atoms. The molecule has 3 rings (SSSR count). The van der Waals surface area contributed by atoms with Crippen LogP contribution < -0.4 is 14.4 Å². The Morgan fingerprint density at radius 1 is 0.953 bits per heavy atom. The number of hydrogen-bond acceptors (Lipinski definition) is 5. The van der Waals surface area contributed by atoms with Gasteiger partial charge in [0.2, 0.25) is 21.8 Å². The summed E-state index contributed by atoms with van der Waals surface area (Å²) in [5.74, 6) is -0.00787. The van der Waals surface area contributed by atoms with Crippen molar-refractivity contribution in [3.8, 4) is 5.75 Å². The standard InChI is InChI=1S/C32H39Cl2N3O5S/c1-5-23(2)35-32(39)30(21-24-11-7-6-8-12-24)36(22-27-28(33)13-9-14-29(27)34)31(38)15-10-20-37(43(4,40)41)25-16-18-26(42-3)19-17-25/h6-9,11-14,16-19,23,30H,5,10,15,20-22H2,1-4H3,(H,35,39). The van der Waals surface area contributed by atoms with Crippen molar-refractivity contribution in [1.29, 1.82) is 0 Å². The molecule has 0 aliphatic carbocycles. The number of ether oxygens (including phenoxy) is 1. The SMILES string of the molecule is CCC(C)NC(=O)C(Cc1ccccc1)N(Cc1c(Cl)cccc1Cl)C(=O)CCCN(c1ccc(OC)cc1)S(C)(=O)=O. The zero-order valence-electron chi connectivity index (χ0n) is 24.9. The van der Waals surface area contributed by atoms with Crippen LogP contribution in [0.4, 0.5) is 5.69 Å². The van der Waals surface area contributed by atoms with Gasteiger partial charge in [-0.05, 0) is 61.7 Å². The van der Waals surface area contributed by atoms with Gasteiger partial charge < -0.3 is 15.0 Å². The number of benzene rings is 3. The Labute approximate surface area is 265 Å². The summed E-state index contributed by atoms with van der Waals surface area (Å²) in [6.07, 6.45) is 2.33. The molecule has 8 nitrogen and oxygen atoms in total. The Morgan fingerprint density at radius 3 is 2.14 bits per heavy atom. The van der Waals surface area contributed by atoms with Gasteiger partial charge in [0.05, 0.1) is 19.1 Å². The number of anilines is 1. The van der Waals surface area contributed by atoms with Crippen LogP contribution in [0.2, 0.25) is 10.0 Å². The highest BCUT2D eigenvalue weighted by molar-refractivity contribution is 7.92. The molecule has 2 amide bonds. The monoisotopic (exact) mass is 647 g/mol. The normalized spacial score (nSPS) is 12.7. The lowest BCUT2D eigenvalue weighted by Crippen LogP contribution is -2.52. The van der Waals surface area contributed by atoms with Gasteiger partial charge in [0, 0.05) is 47.6 Å². The maximum atomic E-state index is 14.0. The molecule has 0 aliphatic heterocycles. The van der Waals surface area contributed by atoms with E-state index in [4.69, 9.17) is 27.9 Å². The molecule has 2 atom stereocenters. The van der Waals surface area contributed by atoms with Crippen LogP contribution in [-0.4, -0.2) is 57.1 Å². The molecule has 0 radical (unpaired) electrons. The van der Waals surface area contributed by atoms with E-state index in [1.165, 1.54) is 16.3 Å². The van der Waals surface area contributed by atoms with Crippen LogP contribution in [0, 0.1) is 0 Å². The van der Waals surface area contributed by atoms with Gasteiger partial charge in [0.15, 0.2) is 0 Å². The Hall–Kier alpha value is -3.27. The second kappa shape index (κ2) is 16.0. The number of hydrogen-bond donors (Lipinski definition) is 1. The van der Waals surface area contributed by atoms with Gasteiger partial charge in [-0.15, -0.1) is 0 Å². The Balaban J connectivity index is 1.92. The molecule has 0 aromatic heterocycles. The molecule has 0 bridgehead atoms. The van der Waals surface area contributed by atoms with E-state index in [-0.39, 0.29) is 50.2 Å². The van der Waals surface area contributed by atoms with Gasteiger partial charge in [0.25, 0.3) is 0 Å². The third-order valence-corrected chi connectivity index (χ3v) is 9.08. The molecule has 2 unspecified atom stereocenters. The molecule has 0 saturated carbocycles. The molecule has 0 saturated heterocycles. The third kappa shape index (κ3) is 9.88. The lowest BCUT2D eigenvalue weighted by molar-refractivity contribution is -0.141. The third-order valence-electron chi connectivity index (χ3n) is 7.17. The van der Waals surface area contributed by atoms with Gasteiger partial charge in [-0.25, -0.2) is 8.42 Å². The summed E-state index contributed by atoms with van der Waals surface area (Å²) in [6.45, 7) is 3.96. The predicted molar refractivity (Wildman–Crippen MR) is 173 cm³/mol. The van der Waals surface area contributed by atoms with Crippen LogP contribution in [0.25, 0.3) is 0 Å². The van der Waals surface area contributed by atoms with E-state index in [0.717, 1.165) is 18.2 Å². The second-order valence-electron chi connectivity index (χ2n) is 10.4. The van der Waals surface area contributed by atoms with Crippen molar-refractivity contribution in [3.63, 3.8) is 0 Å². The van der Waals surface area contributed by atoms with Gasteiger partial charge in [-0.2, -0.15) is 0 Å². The first-order chi connectivity index (χ1) is 20.4. The van der Waals surface area contributed by atoms with Crippen molar-refractivity contribution in [3.05, 3.63) is 94.0 Å². The minimum atomic E-state index is -3.63. The van der Waals surface area contributed by atoms with Gasteiger partial charge in [-0.3, -0.25) is 13.9 Å². The summed E-state index contributed by atoms with van der Waals surface area (Å²) in [6, 6.07) is 20.3. The van der Waals surface area contributed by atoms with Crippen molar-refractivity contribution in [2.75, 3.05) is 24.2 Å². The number of sulfonamides is 1. The van der Waals surface area contributed by atoms with E-state index in [1.807, 2.05) is 44.2 Å². The first kappa shape index (κ1) is 34.2. The van der Waals surface area contributed by atoms with Crippen LogP contribution in [0.15, 0.2) is 72.8 Å². The number of amides is 2. The smallest absolute Gasteiger partial charge is 0.243 e. The number of carbonyl (C=O) groups excluding carboxylic acids is 2. The Bertz CT molecular complexity index is 1450. The number of halogens is 2. The van der Waals surface area contributed by atoms with E-state index in [9.17, 15) is 18.0 Å². The first-order valence-electron chi connectivity index (χ1n) is 14.1. The summed E-state index contributed by atoms with van der Waals surface area (Å²) in [5, 5.41) is 3.80. The first-order valence-corrected chi connectivity index (χ1v) is 16.7. The molecule has 11 heteroatoms. The second-order valence-corrected chi connectivity index (χ2v) is 13.1. The average molecular weight is 649 g/mol. The van der Waals surface area contributed by atoms with Crippen LogP contribution in [0.5, 0.6) is 5.75 Å². The fourth-order valence-corrected chi connectivity index (χ4v) is 6.08.